The van der Waals surface area contributed by atoms with Gasteiger partial charge in [0, 0.05) is 16.7 Å². The first kappa shape index (κ1) is 19.3. The number of halogens is 4. The molecule has 0 atom stereocenters. The fourth-order valence-corrected chi connectivity index (χ4v) is 3.39. The van der Waals surface area contributed by atoms with Gasteiger partial charge in [0.15, 0.2) is 0 Å². The highest BCUT2D eigenvalue weighted by Crippen LogP contribution is 2.35. The van der Waals surface area contributed by atoms with Crippen LogP contribution in [0.3, 0.4) is 0 Å². The quantitative estimate of drug-likeness (QED) is 0.693. The molecule has 3 rings (SSSR count). The molecule has 2 aromatic rings. The van der Waals surface area contributed by atoms with E-state index in [1.807, 2.05) is 0 Å². The Balaban J connectivity index is 1.71. The molecule has 0 unspecified atom stereocenters. The summed E-state index contributed by atoms with van der Waals surface area (Å²) in [6, 6.07) is 8.46. The first-order valence-corrected chi connectivity index (χ1v) is 9.01. The molecule has 2 N–H and O–H groups in total. The van der Waals surface area contributed by atoms with Crippen LogP contribution in [0.2, 0.25) is 5.02 Å². The van der Waals surface area contributed by atoms with E-state index in [1.165, 1.54) is 23.9 Å². The Bertz CT molecular complexity index is 945. The van der Waals surface area contributed by atoms with Crippen LogP contribution in [-0.2, 0) is 15.8 Å². The Labute approximate surface area is 161 Å². The molecule has 4 nitrogen and oxygen atoms in total. The minimum atomic E-state index is -4.57. The van der Waals surface area contributed by atoms with Gasteiger partial charge in [0.2, 0.25) is 11.8 Å². The summed E-state index contributed by atoms with van der Waals surface area (Å²) in [6.45, 7) is 0. The van der Waals surface area contributed by atoms with Crippen LogP contribution >= 0.6 is 23.4 Å². The summed E-state index contributed by atoms with van der Waals surface area (Å²) in [4.78, 5) is 24.3. The molecule has 0 radical (unpaired) electrons. The van der Waals surface area contributed by atoms with E-state index in [2.05, 4.69) is 10.6 Å². The number of benzene rings is 2. The number of rotatable bonds is 3. The number of carbonyl (C=O) groups excluding carboxylic acids is 2. The van der Waals surface area contributed by atoms with Gasteiger partial charge in [-0.15, -0.1) is 11.8 Å². The van der Waals surface area contributed by atoms with Crippen LogP contribution in [0.4, 0.5) is 24.5 Å². The third-order valence-electron chi connectivity index (χ3n) is 3.60. The number of alkyl halides is 3. The standard InChI is InChI=1S/C18H12ClF3N2O2S/c19-13-4-1-10(7-12(13)18(20,21)22)2-6-16(25)23-11-3-5-15-14(8-11)24-17(26)9-27-15/h1-8H,9H2,(H,23,25)(H,24,26). The number of carbonyl (C=O) groups is 2. The lowest BCUT2D eigenvalue weighted by atomic mass is 10.1. The minimum absolute atomic E-state index is 0.126. The lowest BCUT2D eigenvalue weighted by Crippen LogP contribution is -2.19. The molecule has 9 heteroatoms. The summed E-state index contributed by atoms with van der Waals surface area (Å²) < 4.78 is 38.6. The largest absolute Gasteiger partial charge is 0.417 e. The molecule has 27 heavy (non-hydrogen) atoms. The van der Waals surface area contributed by atoms with Crippen molar-refractivity contribution in [3.63, 3.8) is 0 Å². The Morgan fingerprint density at radius 3 is 2.74 bits per heavy atom. The third kappa shape index (κ3) is 4.84. The van der Waals surface area contributed by atoms with Gasteiger partial charge in [0.05, 0.1) is 22.0 Å². The topological polar surface area (TPSA) is 58.2 Å². The normalized spacial score (nSPS) is 14.0. The van der Waals surface area contributed by atoms with E-state index in [-0.39, 0.29) is 11.5 Å². The van der Waals surface area contributed by atoms with Crippen molar-refractivity contribution in [1.82, 2.24) is 0 Å². The molecule has 2 aromatic carbocycles. The number of hydrogen-bond donors (Lipinski definition) is 2. The van der Waals surface area contributed by atoms with E-state index in [4.69, 9.17) is 11.6 Å². The van der Waals surface area contributed by atoms with Crippen molar-refractivity contribution in [2.45, 2.75) is 11.1 Å². The maximum Gasteiger partial charge on any atom is 0.417 e. The van der Waals surface area contributed by atoms with E-state index in [0.717, 1.165) is 23.1 Å². The second kappa shape index (κ2) is 7.66. The van der Waals surface area contributed by atoms with Crippen molar-refractivity contribution < 1.29 is 22.8 Å². The van der Waals surface area contributed by atoms with Crippen LogP contribution in [0.5, 0.6) is 0 Å². The molecule has 0 spiro atoms. The smallest absolute Gasteiger partial charge is 0.324 e. The number of amides is 2. The first-order valence-electron chi connectivity index (χ1n) is 7.65. The van der Waals surface area contributed by atoms with E-state index < -0.39 is 22.7 Å². The maximum atomic E-state index is 12.9. The maximum absolute atomic E-state index is 12.9. The second-order valence-electron chi connectivity index (χ2n) is 5.61. The fraction of sp³-hybridized carbons (Fsp3) is 0.111. The molecule has 0 saturated heterocycles. The van der Waals surface area contributed by atoms with Crippen LogP contribution < -0.4 is 10.6 Å². The van der Waals surface area contributed by atoms with E-state index in [9.17, 15) is 22.8 Å². The lowest BCUT2D eigenvalue weighted by molar-refractivity contribution is -0.137. The molecular formula is C18H12ClF3N2O2S. The summed E-state index contributed by atoms with van der Waals surface area (Å²) in [6.07, 6.45) is -2.19. The monoisotopic (exact) mass is 412 g/mol. The average molecular weight is 413 g/mol. The van der Waals surface area contributed by atoms with Crippen LogP contribution in [-0.4, -0.2) is 17.6 Å². The Kier molecular flexibility index (Phi) is 5.48. The van der Waals surface area contributed by atoms with Crippen LogP contribution in [0.1, 0.15) is 11.1 Å². The van der Waals surface area contributed by atoms with Gasteiger partial charge in [0.25, 0.3) is 0 Å². The highest BCUT2D eigenvalue weighted by molar-refractivity contribution is 8.00. The molecule has 0 aromatic heterocycles. The highest BCUT2D eigenvalue weighted by atomic mass is 35.5. The fourth-order valence-electron chi connectivity index (χ4n) is 2.38. The zero-order valence-electron chi connectivity index (χ0n) is 13.6. The average Bonchev–Trinajstić information content (AvgIpc) is 2.59. The van der Waals surface area contributed by atoms with Crippen molar-refractivity contribution in [3.8, 4) is 0 Å². The Hall–Kier alpha value is -2.45. The van der Waals surface area contributed by atoms with Crippen LogP contribution in [0.15, 0.2) is 47.4 Å². The molecular weight excluding hydrogens is 401 g/mol. The van der Waals surface area contributed by atoms with E-state index in [0.29, 0.717) is 17.1 Å². The van der Waals surface area contributed by atoms with Gasteiger partial charge in [-0.05, 0) is 42.0 Å². The minimum Gasteiger partial charge on any atom is -0.324 e. The number of thioether (sulfide) groups is 1. The second-order valence-corrected chi connectivity index (χ2v) is 7.03. The predicted octanol–water partition coefficient (Wildman–Crippen LogP) is 5.05. The summed E-state index contributed by atoms with van der Waals surface area (Å²) in [7, 11) is 0. The Morgan fingerprint density at radius 2 is 2.00 bits per heavy atom. The van der Waals surface area contributed by atoms with Gasteiger partial charge < -0.3 is 10.6 Å². The van der Waals surface area contributed by atoms with Gasteiger partial charge in [-0.2, -0.15) is 13.2 Å². The Morgan fingerprint density at radius 1 is 1.22 bits per heavy atom. The first-order chi connectivity index (χ1) is 12.7. The van der Waals surface area contributed by atoms with E-state index >= 15 is 0 Å². The third-order valence-corrected chi connectivity index (χ3v) is 5.01. The van der Waals surface area contributed by atoms with Crippen molar-refractivity contribution in [1.29, 1.82) is 0 Å². The van der Waals surface area contributed by atoms with Crippen LogP contribution in [0, 0.1) is 0 Å². The lowest BCUT2D eigenvalue weighted by Gasteiger charge is -2.17. The van der Waals surface area contributed by atoms with Gasteiger partial charge in [-0.25, -0.2) is 0 Å². The molecule has 0 saturated carbocycles. The molecule has 1 aliphatic heterocycles. The van der Waals surface area contributed by atoms with Gasteiger partial charge in [-0.1, -0.05) is 17.7 Å². The summed E-state index contributed by atoms with van der Waals surface area (Å²) in [5.74, 6) is -0.310. The van der Waals surface area contributed by atoms with Crippen molar-refractivity contribution in [2.75, 3.05) is 16.4 Å². The number of anilines is 2. The summed E-state index contributed by atoms with van der Waals surface area (Å²) in [5, 5.41) is 4.90. The highest BCUT2D eigenvalue weighted by Gasteiger charge is 2.33. The molecule has 2 amide bonds. The molecule has 0 bridgehead atoms. The molecule has 1 aliphatic rings. The summed E-state index contributed by atoms with van der Waals surface area (Å²) in [5.41, 5.74) is 0.287. The summed E-state index contributed by atoms with van der Waals surface area (Å²) >= 11 is 6.96. The van der Waals surface area contributed by atoms with Gasteiger partial charge in [-0.3, -0.25) is 9.59 Å². The van der Waals surface area contributed by atoms with Crippen molar-refractivity contribution in [2.24, 2.45) is 0 Å². The molecule has 140 valence electrons. The molecule has 0 aliphatic carbocycles. The molecule has 1 heterocycles. The zero-order valence-corrected chi connectivity index (χ0v) is 15.1. The van der Waals surface area contributed by atoms with Gasteiger partial charge >= 0.3 is 6.18 Å². The van der Waals surface area contributed by atoms with Crippen LogP contribution in [0.25, 0.3) is 6.08 Å². The zero-order chi connectivity index (χ0) is 19.6. The number of nitrogens with one attached hydrogen (secondary N) is 2. The van der Waals surface area contributed by atoms with E-state index in [1.54, 1.807) is 18.2 Å². The predicted molar refractivity (Wildman–Crippen MR) is 99.9 cm³/mol. The SMILES string of the molecule is O=C(C=Cc1ccc(Cl)c(C(F)(F)F)c1)Nc1ccc2c(c1)NC(=O)CS2. The van der Waals surface area contributed by atoms with Crippen molar-refractivity contribution >= 4 is 52.6 Å². The number of hydrogen-bond acceptors (Lipinski definition) is 3. The van der Waals surface area contributed by atoms with Crippen molar-refractivity contribution in [3.05, 3.63) is 58.6 Å². The molecule has 0 fully saturated rings. The number of fused-ring (bicyclic) bond motifs is 1. The van der Waals surface area contributed by atoms with Gasteiger partial charge in [0.1, 0.15) is 0 Å².